The third kappa shape index (κ3) is 3.77. The molecule has 0 aromatic carbocycles. The number of hydrogen-bond acceptors (Lipinski definition) is 6. The molecule has 21 heavy (non-hydrogen) atoms. The van der Waals surface area contributed by atoms with Crippen molar-refractivity contribution >= 4 is 5.97 Å². The van der Waals surface area contributed by atoms with Crippen molar-refractivity contribution in [2.24, 2.45) is 0 Å². The first-order valence-electron chi connectivity index (χ1n) is 7.37. The van der Waals surface area contributed by atoms with Gasteiger partial charge in [-0.1, -0.05) is 13.8 Å². The van der Waals surface area contributed by atoms with Gasteiger partial charge in [-0.05, 0) is 19.9 Å². The summed E-state index contributed by atoms with van der Waals surface area (Å²) in [6.07, 6.45) is 1.42. The Labute approximate surface area is 125 Å². The van der Waals surface area contributed by atoms with Crippen LogP contribution in [0.2, 0.25) is 0 Å². The molecule has 1 aromatic rings. The van der Waals surface area contributed by atoms with Crippen LogP contribution in [0, 0.1) is 0 Å². The molecule has 6 heteroatoms. The van der Waals surface area contributed by atoms with Gasteiger partial charge in [0.15, 0.2) is 5.82 Å². The smallest absolute Gasteiger partial charge is 0.341 e. The van der Waals surface area contributed by atoms with E-state index in [1.54, 1.807) is 13.1 Å². The lowest BCUT2D eigenvalue weighted by Crippen LogP contribution is -2.36. The molecular formula is C15H23N3O3. The molecule has 1 saturated heterocycles. The van der Waals surface area contributed by atoms with E-state index in [-0.39, 0.29) is 18.0 Å². The number of carbonyl (C=O) groups excluding carboxylic acids is 1. The molecule has 0 aliphatic carbocycles. The molecule has 0 N–H and O–H groups in total. The van der Waals surface area contributed by atoms with Crippen molar-refractivity contribution in [3.8, 4) is 0 Å². The van der Waals surface area contributed by atoms with E-state index in [1.807, 2.05) is 20.9 Å². The van der Waals surface area contributed by atoms with Crippen LogP contribution in [-0.2, 0) is 9.47 Å². The highest BCUT2D eigenvalue weighted by molar-refractivity contribution is 5.90. The van der Waals surface area contributed by atoms with Gasteiger partial charge in [0.25, 0.3) is 0 Å². The Hall–Kier alpha value is -1.53. The minimum atomic E-state index is -0.366. The van der Waals surface area contributed by atoms with E-state index >= 15 is 0 Å². The highest BCUT2D eigenvalue weighted by atomic mass is 16.5. The highest BCUT2D eigenvalue weighted by Gasteiger charge is 2.25. The van der Waals surface area contributed by atoms with Gasteiger partial charge in [0.05, 0.1) is 24.5 Å². The van der Waals surface area contributed by atoms with Crippen LogP contribution in [0.3, 0.4) is 0 Å². The first kappa shape index (κ1) is 15.9. The minimum absolute atomic E-state index is 0.118. The van der Waals surface area contributed by atoms with Crippen molar-refractivity contribution in [2.45, 2.75) is 32.8 Å². The van der Waals surface area contributed by atoms with Crippen LogP contribution in [0.1, 0.15) is 54.7 Å². The van der Waals surface area contributed by atoms with Gasteiger partial charge in [-0.25, -0.2) is 14.8 Å². The number of likely N-dealkylation sites (N-methyl/N-ethyl adjacent to an activating group) is 1. The maximum absolute atomic E-state index is 12.0. The third-order valence-electron chi connectivity index (χ3n) is 3.44. The summed E-state index contributed by atoms with van der Waals surface area (Å²) < 4.78 is 10.8. The first-order valence-corrected chi connectivity index (χ1v) is 7.37. The predicted octanol–water partition coefficient (Wildman–Crippen LogP) is 1.78. The maximum Gasteiger partial charge on any atom is 0.341 e. The predicted molar refractivity (Wildman–Crippen MR) is 78.3 cm³/mol. The van der Waals surface area contributed by atoms with E-state index in [2.05, 4.69) is 14.9 Å². The quantitative estimate of drug-likeness (QED) is 0.788. The second kappa shape index (κ2) is 6.95. The van der Waals surface area contributed by atoms with Crippen molar-refractivity contribution in [1.82, 2.24) is 14.9 Å². The molecule has 0 amide bonds. The number of nitrogens with zero attached hydrogens (tertiary/aromatic N) is 3. The van der Waals surface area contributed by atoms with Crippen LogP contribution < -0.4 is 0 Å². The Morgan fingerprint density at radius 1 is 1.57 bits per heavy atom. The molecule has 1 aliphatic rings. The molecule has 1 unspecified atom stereocenters. The van der Waals surface area contributed by atoms with Gasteiger partial charge in [0, 0.05) is 19.3 Å². The lowest BCUT2D eigenvalue weighted by atomic mass is 10.0. The van der Waals surface area contributed by atoms with Crippen LogP contribution in [-0.4, -0.2) is 54.2 Å². The number of morpholine rings is 1. The van der Waals surface area contributed by atoms with Crippen LogP contribution in [0.4, 0.5) is 0 Å². The summed E-state index contributed by atoms with van der Waals surface area (Å²) >= 11 is 0. The fourth-order valence-electron chi connectivity index (χ4n) is 2.30. The summed E-state index contributed by atoms with van der Waals surface area (Å²) in [5, 5.41) is 0. The SMILES string of the molecule is CCOC(=O)c1cnc(C2CN(C)CCO2)nc1C(C)C. The molecule has 1 aliphatic heterocycles. The average molecular weight is 293 g/mol. The number of carbonyl (C=O) groups is 1. The normalized spacial score (nSPS) is 19.8. The maximum atomic E-state index is 12.0. The molecule has 2 rings (SSSR count). The van der Waals surface area contributed by atoms with Crippen LogP contribution in [0.25, 0.3) is 0 Å². The van der Waals surface area contributed by atoms with E-state index in [0.29, 0.717) is 24.6 Å². The van der Waals surface area contributed by atoms with Crippen molar-refractivity contribution in [2.75, 3.05) is 33.4 Å². The lowest BCUT2D eigenvalue weighted by molar-refractivity contribution is -0.0256. The molecule has 1 atom stereocenters. The number of ether oxygens (including phenoxy) is 2. The Morgan fingerprint density at radius 3 is 2.95 bits per heavy atom. The Balaban J connectivity index is 2.29. The molecule has 0 radical (unpaired) electrons. The third-order valence-corrected chi connectivity index (χ3v) is 3.44. The van der Waals surface area contributed by atoms with Crippen molar-refractivity contribution in [1.29, 1.82) is 0 Å². The first-order chi connectivity index (χ1) is 10.0. The zero-order valence-electron chi connectivity index (χ0n) is 13.1. The van der Waals surface area contributed by atoms with Gasteiger partial charge in [-0.15, -0.1) is 0 Å². The van der Waals surface area contributed by atoms with E-state index in [9.17, 15) is 4.79 Å². The molecule has 0 bridgehead atoms. The lowest BCUT2D eigenvalue weighted by Gasteiger charge is -2.29. The minimum Gasteiger partial charge on any atom is -0.462 e. The Kier molecular flexibility index (Phi) is 5.25. The van der Waals surface area contributed by atoms with Gasteiger partial charge in [-0.3, -0.25) is 0 Å². The standard InChI is InChI=1S/C15H23N3O3/c1-5-20-15(19)11-8-16-14(17-13(11)10(2)3)12-9-18(4)6-7-21-12/h8,10,12H,5-7,9H2,1-4H3. The van der Waals surface area contributed by atoms with Gasteiger partial charge in [0.2, 0.25) is 0 Å². The molecule has 6 nitrogen and oxygen atoms in total. The second-order valence-corrected chi connectivity index (χ2v) is 5.52. The zero-order chi connectivity index (χ0) is 15.4. The summed E-state index contributed by atoms with van der Waals surface area (Å²) in [6, 6.07) is 0. The summed E-state index contributed by atoms with van der Waals surface area (Å²) in [6.45, 7) is 8.47. The number of aromatic nitrogens is 2. The molecule has 1 fully saturated rings. The summed E-state index contributed by atoms with van der Waals surface area (Å²) in [4.78, 5) is 23.0. The molecule has 1 aromatic heterocycles. The van der Waals surface area contributed by atoms with Crippen LogP contribution in [0.15, 0.2) is 6.20 Å². The average Bonchev–Trinajstić information content (AvgIpc) is 2.46. The summed E-state index contributed by atoms with van der Waals surface area (Å²) in [5.41, 5.74) is 1.16. The van der Waals surface area contributed by atoms with Crippen molar-refractivity contribution < 1.29 is 14.3 Å². The van der Waals surface area contributed by atoms with Crippen LogP contribution in [0.5, 0.6) is 0 Å². The number of rotatable bonds is 4. The molecule has 0 saturated carbocycles. The Morgan fingerprint density at radius 2 is 2.33 bits per heavy atom. The van der Waals surface area contributed by atoms with E-state index in [0.717, 1.165) is 18.8 Å². The fraction of sp³-hybridized carbons (Fsp3) is 0.667. The Bertz CT molecular complexity index is 505. The van der Waals surface area contributed by atoms with Gasteiger partial charge in [-0.2, -0.15) is 0 Å². The summed E-state index contributed by atoms with van der Waals surface area (Å²) in [7, 11) is 2.05. The molecular weight excluding hydrogens is 270 g/mol. The van der Waals surface area contributed by atoms with Crippen LogP contribution >= 0.6 is 0 Å². The van der Waals surface area contributed by atoms with Crippen molar-refractivity contribution in [3.05, 3.63) is 23.3 Å². The molecule has 2 heterocycles. The zero-order valence-corrected chi connectivity index (χ0v) is 13.1. The monoisotopic (exact) mass is 293 g/mol. The second-order valence-electron chi connectivity index (χ2n) is 5.52. The number of esters is 1. The largest absolute Gasteiger partial charge is 0.462 e. The molecule has 0 spiro atoms. The van der Waals surface area contributed by atoms with Gasteiger partial charge >= 0.3 is 5.97 Å². The highest BCUT2D eigenvalue weighted by Crippen LogP contribution is 2.23. The fourth-order valence-corrected chi connectivity index (χ4v) is 2.30. The van der Waals surface area contributed by atoms with E-state index < -0.39 is 0 Å². The van der Waals surface area contributed by atoms with Crippen molar-refractivity contribution in [3.63, 3.8) is 0 Å². The summed E-state index contributed by atoms with van der Waals surface area (Å²) in [5.74, 6) is 0.389. The van der Waals surface area contributed by atoms with E-state index in [4.69, 9.17) is 9.47 Å². The van der Waals surface area contributed by atoms with E-state index in [1.165, 1.54) is 0 Å². The van der Waals surface area contributed by atoms with Gasteiger partial charge in [0.1, 0.15) is 6.10 Å². The van der Waals surface area contributed by atoms with Gasteiger partial charge < -0.3 is 14.4 Å². The molecule has 116 valence electrons. The number of hydrogen-bond donors (Lipinski definition) is 0. The topological polar surface area (TPSA) is 64.5 Å².